The molecule has 0 unspecified atom stereocenters. The molecule has 2 aromatic carbocycles. The van der Waals surface area contributed by atoms with Gasteiger partial charge in [0.2, 0.25) is 11.8 Å². The summed E-state index contributed by atoms with van der Waals surface area (Å²) >= 11 is 0. The lowest BCUT2D eigenvalue weighted by atomic mass is 9.71. The molecule has 2 amide bonds. The number of nitrogens with zero attached hydrogens (tertiary/aromatic N) is 2. The highest BCUT2D eigenvalue weighted by Gasteiger charge is 2.70. The zero-order chi connectivity index (χ0) is 24.5. The first-order valence-corrected chi connectivity index (χ1v) is 11.4. The average molecular weight is 482 g/mol. The molecule has 2 aliphatic carbocycles. The number of imide groups is 1. The first-order chi connectivity index (χ1) is 16.8. The summed E-state index contributed by atoms with van der Waals surface area (Å²) in [5.74, 6) is -1.93. The predicted octanol–water partition coefficient (Wildman–Crippen LogP) is 4.44. The minimum Gasteiger partial charge on any atom is -0.490 e. The number of halogens is 3. The lowest BCUT2D eigenvalue weighted by Crippen LogP contribution is -2.41. The van der Waals surface area contributed by atoms with Crippen molar-refractivity contribution in [1.29, 1.82) is 0 Å². The second-order valence-corrected chi connectivity index (χ2v) is 9.37. The third kappa shape index (κ3) is 3.20. The highest BCUT2D eigenvalue weighted by Crippen LogP contribution is 2.62. The molecule has 6 rings (SSSR count). The predicted molar refractivity (Wildman–Crippen MR) is 120 cm³/mol. The van der Waals surface area contributed by atoms with Crippen LogP contribution < -0.4 is 9.64 Å². The number of benzene rings is 2. The van der Waals surface area contributed by atoms with Crippen LogP contribution in [0, 0.1) is 29.6 Å². The third-order valence-corrected chi connectivity index (χ3v) is 7.64. The van der Waals surface area contributed by atoms with E-state index >= 15 is 0 Å². The molecule has 1 saturated heterocycles. The van der Waals surface area contributed by atoms with E-state index in [-0.39, 0.29) is 29.5 Å². The van der Waals surface area contributed by atoms with E-state index in [9.17, 15) is 22.8 Å². The van der Waals surface area contributed by atoms with E-state index in [4.69, 9.17) is 9.57 Å². The Morgan fingerprint density at radius 2 is 1.77 bits per heavy atom. The topological polar surface area (TPSA) is 68.2 Å². The van der Waals surface area contributed by atoms with Crippen molar-refractivity contribution in [2.24, 2.45) is 34.7 Å². The number of rotatable bonds is 5. The Bertz CT molecular complexity index is 1260. The van der Waals surface area contributed by atoms with Crippen LogP contribution in [0.5, 0.6) is 5.75 Å². The summed E-state index contributed by atoms with van der Waals surface area (Å²) in [6, 6.07) is 11.8. The molecule has 6 atom stereocenters. The molecule has 2 bridgehead atoms. The molecule has 2 saturated carbocycles. The van der Waals surface area contributed by atoms with Crippen LogP contribution in [-0.4, -0.2) is 30.2 Å². The van der Waals surface area contributed by atoms with Gasteiger partial charge in [0.25, 0.3) is 0 Å². The van der Waals surface area contributed by atoms with E-state index in [2.05, 4.69) is 11.7 Å². The number of oxime groups is 1. The summed E-state index contributed by atoms with van der Waals surface area (Å²) in [7, 11) is 0. The monoisotopic (exact) mass is 482 g/mol. The van der Waals surface area contributed by atoms with Crippen molar-refractivity contribution in [3.05, 3.63) is 72.3 Å². The minimum absolute atomic E-state index is 0.0429. The standard InChI is InChI=1S/C26H21F3N2O4/c1-2-10-34-16-8-6-13(7-9-16)22-21-17-12-18(23(21)35-30-22)20-19(17)24(32)31(25(20)33)15-5-3-4-14(11-15)26(27,28)29/h2-9,11,17-21,23H,1,10,12H2/t17-,18+,19+,20-,21+,23+/m0/s1. The third-order valence-electron chi connectivity index (χ3n) is 7.64. The average Bonchev–Trinajstić information content (AvgIpc) is 3.58. The SMILES string of the molecule is C=CCOc1ccc(C2=NO[C@@H]3[C@@H]4C[C@@H]([C@H]5C(=O)N(c6cccc(C(F)(F)F)c6)C(=O)[C@@H]45)[C@H]23)cc1. The van der Waals surface area contributed by atoms with Crippen molar-refractivity contribution in [3.63, 3.8) is 0 Å². The fourth-order valence-corrected chi connectivity index (χ4v) is 6.32. The molecule has 2 heterocycles. The summed E-state index contributed by atoms with van der Waals surface area (Å²) in [4.78, 5) is 33.5. The number of fused-ring (bicyclic) bond motifs is 8. The molecule has 4 aliphatic rings. The number of hydrogen-bond acceptors (Lipinski definition) is 5. The van der Waals surface area contributed by atoms with E-state index in [1.807, 2.05) is 24.3 Å². The smallest absolute Gasteiger partial charge is 0.416 e. The highest BCUT2D eigenvalue weighted by molar-refractivity contribution is 6.23. The van der Waals surface area contributed by atoms with Gasteiger partial charge in [0.15, 0.2) is 0 Å². The van der Waals surface area contributed by atoms with E-state index in [1.54, 1.807) is 6.08 Å². The van der Waals surface area contributed by atoms with Gasteiger partial charge in [-0.1, -0.05) is 23.9 Å². The number of hydrogen-bond donors (Lipinski definition) is 0. The molecule has 3 fully saturated rings. The van der Waals surface area contributed by atoms with Crippen LogP contribution in [0.25, 0.3) is 0 Å². The van der Waals surface area contributed by atoms with Crippen LogP contribution in [0.2, 0.25) is 0 Å². The first kappa shape index (κ1) is 21.9. The maximum Gasteiger partial charge on any atom is 0.416 e. The Kier molecular flexibility index (Phi) is 4.81. The molecular formula is C26H21F3N2O4. The number of carbonyl (C=O) groups is 2. The van der Waals surface area contributed by atoms with Gasteiger partial charge in [0.1, 0.15) is 18.5 Å². The van der Waals surface area contributed by atoms with Crippen molar-refractivity contribution < 1.29 is 32.3 Å². The number of amides is 2. The number of ether oxygens (including phenoxy) is 1. The van der Waals surface area contributed by atoms with Gasteiger partial charge in [-0.25, -0.2) is 0 Å². The number of alkyl halides is 3. The Morgan fingerprint density at radius 3 is 2.46 bits per heavy atom. The van der Waals surface area contributed by atoms with Crippen LogP contribution in [0.3, 0.4) is 0 Å². The molecule has 2 aromatic rings. The summed E-state index contributed by atoms with van der Waals surface area (Å²) in [5, 5.41) is 4.31. The van der Waals surface area contributed by atoms with Crippen molar-refractivity contribution in [2.75, 3.05) is 11.5 Å². The molecule has 35 heavy (non-hydrogen) atoms. The van der Waals surface area contributed by atoms with Gasteiger partial charge in [-0.3, -0.25) is 14.5 Å². The van der Waals surface area contributed by atoms with Crippen molar-refractivity contribution in [3.8, 4) is 5.75 Å². The maximum absolute atomic E-state index is 13.4. The van der Waals surface area contributed by atoms with Crippen molar-refractivity contribution in [1.82, 2.24) is 0 Å². The fraction of sp³-hybridized carbons (Fsp3) is 0.346. The Hall–Kier alpha value is -3.62. The normalized spacial score (nSPS) is 30.7. The molecule has 9 heteroatoms. The van der Waals surface area contributed by atoms with Crippen LogP contribution in [-0.2, 0) is 20.6 Å². The van der Waals surface area contributed by atoms with E-state index in [0.29, 0.717) is 18.8 Å². The van der Waals surface area contributed by atoms with Crippen LogP contribution in [0.1, 0.15) is 17.5 Å². The summed E-state index contributed by atoms with van der Waals surface area (Å²) in [5.41, 5.74) is 0.637. The molecule has 0 N–H and O–H groups in total. The Morgan fingerprint density at radius 1 is 1.06 bits per heavy atom. The van der Waals surface area contributed by atoms with Gasteiger partial charge < -0.3 is 9.57 Å². The Labute approximate surface area is 199 Å². The van der Waals surface area contributed by atoms with E-state index in [0.717, 1.165) is 28.3 Å². The summed E-state index contributed by atoms with van der Waals surface area (Å²) in [6.07, 6.45) is -2.59. The maximum atomic E-state index is 13.4. The molecule has 2 aliphatic heterocycles. The van der Waals surface area contributed by atoms with Gasteiger partial charge in [-0.05, 0) is 54.8 Å². The molecule has 6 nitrogen and oxygen atoms in total. The van der Waals surface area contributed by atoms with Crippen molar-refractivity contribution in [2.45, 2.75) is 18.7 Å². The molecule has 0 radical (unpaired) electrons. The molecule has 0 spiro atoms. The van der Waals surface area contributed by atoms with E-state index < -0.39 is 35.4 Å². The van der Waals surface area contributed by atoms with Gasteiger partial charge in [-0.15, -0.1) is 0 Å². The van der Waals surface area contributed by atoms with Crippen molar-refractivity contribution >= 4 is 23.2 Å². The second-order valence-electron chi connectivity index (χ2n) is 9.37. The minimum atomic E-state index is -4.57. The summed E-state index contributed by atoms with van der Waals surface area (Å²) < 4.78 is 45.2. The van der Waals surface area contributed by atoms with Gasteiger partial charge in [-0.2, -0.15) is 13.2 Å². The summed E-state index contributed by atoms with van der Waals surface area (Å²) in [6.45, 7) is 4.01. The van der Waals surface area contributed by atoms with Gasteiger partial charge in [0, 0.05) is 17.4 Å². The van der Waals surface area contributed by atoms with Gasteiger partial charge >= 0.3 is 6.18 Å². The van der Waals surface area contributed by atoms with Gasteiger partial charge in [0.05, 0.1) is 28.8 Å². The van der Waals surface area contributed by atoms with Crippen LogP contribution in [0.4, 0.5) is 18.9 Å². The largest absolute Gasteiger partial charge is 0.490 e. The van der Waals surface area contributed by atoms with Crippen LogP contribution in [0.15, 0.2) is 66.3 Å². The lowest BCUT2D eigenvalue weighted by molar-refractivity contribution is -0.137. The number of carbonyl (C=O) groups excluding carboxylic acids is 2. The second kappa shape index (κ2) is 7.69. The zero-order valence-corrected chi connectivity index (χ0v) is 18.4. The number of anilines is 1. The highest BCUT2D eigenvalue weighted by atomic mass is 19.4. The quantitative estimate of drug-likeness (QED) is 0.467. The fourth-order valence-electron chi connectivity index (χ4n) is 6.32. The molecular weight excluding hydrogens is 461 g/mol. The molecule has 0 aromatic heterocycles. The Balaban J connectivity index is 1.28. The molecule has 180 valence electrons. The lowest BCUT2D eigenvalue weighted by Gasteiger charge is -2.29. The van der Waals surface area contributed by atoms with E-state index in [1.165, 1.54) is 12.1 Å². The first-order valence-electron chi connectivity index (χ1n) is 11.4. The van der Waals surface area contributed by atoms with Crippen LogP contribution >= 0.6 is 0 Å². The zero-order valence-electron chi connectivity index (χ0n) is 18.4.